The van der Waals surface area contributed by atoms with Crippen LogP contribution in [-0.2, 0) is 0 Å². The summed E-state index contributed by atoms with van der Waals surface area (Å²) in [5.41, 5.74) is 3.30. The Hall–Kier alpha value is -3.15. The number of nitrogens with zero attached hydrogens (tertiary/aromatic N) is 2. The fraction of sp³-hybridized carbons (Fsp3) is 0.0625. The molecule has 1 aromatic carbocycles. The summed E-state index contributed by atoms with van der Waals surface area (Å²) < 4.78 is 0. The topological polar surface area (TPSA) is 86.5 Å². The zero-order chi connectivity index (χ0) is 15.1. The molecule has 3 aromatic heterocycles. The molecule has 0 fully saturated rings. The van der Waals surface area contributed by atoms with E-state index in [0.717, 1.165) is 22.3 Å². The van der Waals surface area contributed by atoms with Gasteiger partial charge >= 0.3 is 0 Å². The molecule has 0 atom stereocenters. The van der Waals surface area contributed by atoms with E-state index in [1.165, 1.54) is 0 Å². The van der Waals surface area contributed by atoms with E-state index in [2.05, 4.69) is 25.5 Å². The van der Waals surface area contributed by atoms with E-state index >= 15 is 0 Å². The first-order valence-electron chi connectivity index (χ1n) is 6.91. The van der Waals surface area contributed by atoms with Gasteiger partial charge < -0.3 is 10.3 Å². The smallest absolute Gasteiger partial charge is 0.261 e. The minimum absolute atomic E-state index is 0.174. The van der Waals surface area contributed by atoms with Crippen molar-refractivity contribution in [2.75, 3.05) is 5.32 Å². The van der Waals surface area contributed by atoms with Crippen molar-refractivity contribution in [2.45, 2.75) is 6.92 Å². The molecule has 0 aliphatic rings. The summed E-state index contributed by atoms with van der Waals surface area (Å²) in [6.07, 6.45) is 1.59. The van der Waals surface area contributed by atoms with Gasteiger partial charge in [0, 0.05) is 23.0 Å². The number of aromatic nitrogens is 4. The zero-order valence-corrected chi connectivity index (χ0v) is 11.8. The van der Waals surface area contributed by atoms with Gasteiger partial charge in [0.2, 0.25) is 0 Å². The molecule has 22 heavy (non-hydrogen) atoms. The van der Waals surface area contributed by atoms with Gasteiger partial charge in [-0.15, -0.1) is 0 Å². The van der Waals surface area contributed by atoms with Gasteiger partial charge in [-0.3, -0.25) is 14.9 Å². The Labute approximate surface area is 125 Å². The number of pyridine rings is 2. The quantitative estimate of drug-likeness (QED) is 0.530. The average Bonchev–Trinajstić information content (AvgIpc) is 2.92. The second kappa shape index (κ2) is 4.70. The summed E-state index contributed by atoms with van der Waals surface area (Å²) in [6, 6.07) is 11.6. The molecule has 0 spiro atoms. The molecule has 6 heteroatoms. The summed E-state index contributed by atoms with van der Waals surface area (Å²) in [5, 5.41) is 11.8. The largest absolute Gasteiger partial charge is 0.338 e. The van der Waals surface area contributed by atoms with Crippen molar-refractivity contribution in [3.05, 3.63) is 58.6 Å². The van der Waals surface area contributed by atoms with E-state index in [1.54, 1.807) is 12.3 Å². The van der Waals surface area contributed by atoms with Crippen LogP contribution < -0.4 is 10.9 Å². The molecule has 0 aliphatic carbocycles. The van der Waals surface area contributed by atoms with Crippen LogP contribution in [0.3, 0.4) is 0 Å². The molecule has 4 rings (SSSR count). The number of H-pyrrole nitrogens is 2. The predicted molar refractivity (Wildman–Crippen MR) is 86.5 cm³/mol. The van der Waals surface area contributed by atoms with Crippen molar-refractivity contribution in [3.8, 4) is 0 Å². The highest BCUT2D eigenvalue weighted by Crippen LogP contribution is 2.23. The third-order valence-electron chi connectivity index (χ3n) is 3.58. The number of rotatable bonds is 2. The Morgan fingerprint density at radius 1 is 1.14 bits per heavy atom. The maximum absolute atomic E-state index is 11.9. The predicted octanol–water partition coefficient (Wildman–Crippen LogP) is 2.85. The highest BCUT2D eigenvalue weighted by atomic mass is 16.1. The lowest BCUT2D eigenvalue weighted by Crippen LogP contribution is -2.05. The second-order valence-corrected chi connectivity index (χ2v) is 5.15. The van der Waals surface area contributed by atoms with Crippen LogP contribution in [-0.4, -0.2) is 20.2 Å². The summed E-state index contributed by atoms with van der Waals surface area (Å²) in [5.74, 6) is 0.510. The lowest BCUT2D eigenvalue weighted by molar-refractivity contribution is 1.12. The number of aromatic amines is 2. The maximum Gasteiger partial charge on any atom is 0.261 e. The third-order valence-corrected chi connectivity index (χ3v) is 3.58. The normalized spacial score (nSPS) is 11.1. The number of hydrogen-bond acceptors (Lipinski definition) is 4. The van der Waals surface area contributed by atoms with Crippen molar-refractivity contribution in [2.24, 2.45) is 0 Å². The van der Waals surface area contributed by atoms with Crippen molar-refractivity contribution < 1.29 is 0 Å². The first-order chi connectivity index (χ1) is 10.7. The summed E-state index contributed by atoms with van der Waals surface area (Å²) in [4.78, 5) is 19.1. The van der Waals surface area contributed by atoms with E-state index in [9.17, 15) is 4.79 Å². The molecule has 3 N–H and O–H groups in total. The molecule has 0 aliphatic heterocycles. The molecule has 108 valence electrons. The van der Waals surface area contributed by atoms with Crippen LogP contribution in [0.1, 0.15) is 5.69 Å². The van der Waals surface area contributed by atoms with Crippen LogP contribution in [0.4, 0.5) is 11.5 Å². The number of fused-ring (bicyclic) bond motifs is 2. The summed E-state index contributed by atoms with van der Waals surface area (Å²) >= 11 is 0. The molecule has 0 amide bonds. The fourth-order valence-electron chi connectivity index (χ4n) is 2.51. The van der Waals surface area contributed by atoms with Gasteiger partial charge in [-0.25, -0.2) is 0 Å². The zero-order valence-electron chi connectivity index (χ0n) is 11.8. The van der Waals surface area contributed by atoms with Crippen LogP contribution in [0.5, 0.6) is 0 Å². The molecule has 4 aromatic rings. The molecule has 0 unspecified atom stereocenters. The summed E-state index contributed by atoms with van der Waals surface area (Å²) in [6.45, 7) is 1.97. The van der Waals surface area contributed by atoms with Gasteiger partial charge in [0.05, 0.1) is 11.0 Å². The van der Waals surface area contributed by atoms with Crippen LogP contribution in [0.15, 0.2) is 47.4 Å². The van der Waals surface area contributed by atoms with Gasteiger partial charge in [0.25, 0.3) is 5.56 Å². The SMILES string of the molecule is Cc1ccc2cc(Nc3n[nH]c4cc[nH]c(=O)c34)ccc2n1. The lowest BCUT2D eigenvalue weighted by atomic mass is 10.2. The van der Waals surface area contributed by atoms with Crippen molar-refractivity contribution in [1.29, 1.82) is 0 Å². The maximum atomic E-state index is 11.9. The standard InChI is InChI=1S/C16H13N5O/c1-9-2-3-10-8-11(4-5-12(10)18-9)19-15-14-13(20-21-15)6-7-17-16(14)22/h2-8H,1H3,(H,17,22)(H2,19,20,21). The third kappa shape index (κ3) is 2.01. The highest BCUT2D eigenvalue weighted by molar-refractivity contribution is 5.91. The minimum Gasteiger partial charge on any atom is -0.338 e. The van der Waals surface area contributed by atoms with Gasteiger partial charge in [-0.1, -0.05) is 6.07 Å². The molecule has 0 saturated carbocycles. The van der Waals surface area contributed by atoms with E-state index in [1.807, 2.05) is 37.3 Å². The van der Waals surface area contributed by atoms with Gasteiger partial charge in [-0.2, -0.15) is 5.10 Å². The number of aryl methyl sites for hydroxylation is 1. The van der Waals surface area contributed by atoms with Crippen LogP contribution in [0.25, 0.3) is 21.8 Å². The first kappa shape index (κ1) is 12.6. The van der Waals surface area contributed by atoms with Gasteiger partial charge in [0.15, 0.2) is 5.82 Å². The van der Waals surface area contributed by atoms with E-state index < -0.39 is 0 Å². The van der Waals surface area contributed by atoms with Crippen LogP contribution in [0, 0.1) is 6.92 Å². The Morgan fingerprint density at radius 3 is 2.95 bits per heavy atom. The molecule has 0 bridgehead atoms. The molecule has 3 heterocycles. The Bertz CT molecular complexity index is 1050. The fourth-order valence-corrected chi connectivity index (χ4v) is 2.51. The molecule has 0 saturated heterocycles. The average molecular weight is 291 g/mol. The van der Waals surface area contributed by atoms with Crippen molar-refractivity contribution in [1.82, 2.24) is 20.2 Å². The second-order valence-electron chi connectivity index (χ2n) is 5.15. The first-order valence-corrected chi connectivity index (χ1v) is 6.91. The Balaban J connectivity index is 1.79. The Morgan fingerprint density at radius 2 is 2.05 bits per heavy atom. The highest BCUT2D eigenvalue weighted by Gasteiger charge is 2.09. The van der Waals surface area contributed by atoms with E-state index in [-0.39, 0.29) is 5.56 Å². The van der Waals surface area contributed by atoms with E-state index in [4.69, 9.17) is 0 Å². The molecule has 0 radical (unpaired) electrons. The van der Waals surface area contributed by atoms with Crippen molar-refractivity contribution in [3.63, 3.8) is 0 Å². The van der Waals surface area contributed by atoms with E-state index in [0.29, 0.717) is 16.7 Å². The van der Waals surface area contributed by atoms with Crippen LogP contribution >= 0.6 is 0 Å². The number of benzene rings is 1. The van der Waals surface area contributed by atoms with Crippen LogP contribution in [0.2, 0.25) is 0 Å². The summed E-state index contributed by atoms with van der Waals surface area (Å²) in [7, 11) is 0. The molecular weight excluding hydrogens is 278 g/mol. The van der Waals surface area contributed by atoms with Gasteiger partial charge in [-0.05, 0) is 37.3 Å². The molecular formula is C16H13N5O. The number of nitrogens with one attached hydrogen (secondary N) is 3. The monoisotopic (exact) mass is 291 g/mol. The lowest BCUT2D eigenvalue weighted by Gasteiger charge is -2.05. The molecule has 6 nitrogen and oxygen atoms in total. The van der Waals surface area contributed by atoms with Crippen molar-refractivity contribution >= 4 is 33.3 Å². The number of hydrogen-bond donors (Lipinski definition) is 3. The number of anilines is 2. The van der Waals surface area contributed by atoms with Gasteiger partial charge in [0.1, 0.15) is 5.39 Å². The minimum atomic E-state index is -0.174. The Kier molecular flexibility index (Phi) is 2.69.